The summed E-state index contributed by atoms with van der Waals surface area (Å²) < 4.78 is 56.5. The molecule has 5 saturated heterocycles. The molecular formula is C54H92O23. The third-order valence-electron chi connectivity index (χ3n) is 21.7. The fourth-order valence-electron chi connectivity index (χ4n) is 17.2. The first-order chi connectivity index (χ1) is 35.8. The number of hydrogen-bond donors (Lipinski definition) is 14. The standard InChI is InChI=1S/C54H92O23/c1-21-32(58)36(62)39(65)45(69-21)75-42-35(61)27(20-56)73-48(43(42)76-46-40(66)37(63)33(59)22(2)70-46)74-30-13-14-51(7)28(49(30,3)4)12-16-52(8)29(51)17-24(57)31-23(11-15-53(31,52)9)54(10)18-25(44(68)50(5,6)77-54)71-47-41(67)38(64)34(60)26(19-55)72-47/h21-48,55-68H,11-20H2,1-10H3. The Balaban J connectivity index is 0.962. The predicted molar refractivity (Wildman–Crippen MR) is 264 cm³/mol. The van der Waals surface area contributed by atoms with Crippen LogP contribution < -0.4 is 0 Å². The molecule has 5 aliphatic heterocycles. The van der Waals surface area contributed by atoms with E-state index in [4.69, 9.17) is 42.6 Å². The molecule has 5 heterocycles. The fourth-order valence-corrected chi connectivity index (χ4v) is 17.2. The summed E-state index contributed by atoms with van der Waals surface area (Å²) in [4.78, 5) is 0. The minimum absolute atomic E-state index is 0.0218. The number of ether oxygens (including phenoxy) is 9. The van der Waals surface area contributed by atoms with Crippen molar-refractivity contribution in [1.82, 2.24) is 0 Å². The van der Waals surface area contributed by atoms with Gasteiger partial charge in [-0.15, -0.1) is 0 Å². The van der Waals surface area contributed by atoms with Crippen molar-refractivity contribution in [3.8, 4) is 0 Å². The van der Waals surface area contributed by atoms with E-state index >= 15 is 0 Å². The molecule has 9 aliphatic rings. The summed E-state index contributed by atoms with van der Waals surface area (Å²) in [5.41, 5.74) is -3.69. The van der Waals surface area contributed by atoms with E-state index in [1.807, 2.05) is 6.92 Å². The average molecular weight is 1110 g/mol. The highest BCUT2D eigenvalue weighted by molar-refractivity contribution is 5.21. The molecule has 0 spiro atoms. The molecule has 4 aliphatic carbocycles. The quantitative estimate of drug-likeness (QED) is 0.0999. The van der Waals surface area contributed by atoms with Gasteiger partial charge in [-0.1, -0.05) is 34.6 Å². The smallest absolute Gasteiger partial charge is 0.187 e. The van der Waals surface area contributed by atoms with Crippen LogP contribution in [0.3, 0.4) is 0 Å². The molecule has 23 heteroatoms. The third kappa shape index (κ3) is 9.92. The second-order valence-electron chi connectivity index (χ2n) is 26.8. The summed E-state index contributed by atoms with van der Waals surface area (Å²) >= 11 is 0. The van der Waals surface area contributed by atoms with E-state index in [0.717, 1.165) is 19.3 Å². The maximum Gasteiger partial charge on any atom is 0.187 e. The van der Waals surface area contributed by atoms with Crippen molar-refractivity contribution >= 4 is 0 Å². The molecular weight excluding hydrogens is 1020 g/mol. The van der Waals surface area contributed by atoms with Gasteiger partial charge in [0.1, 0.15) is 91.6 Å². The second kappa shape index (κ2) is 21.6. The van der Waals surface area contributed by atoms with Crippen LogP contribution in [0.2, 0.25) is 0 Å². The van der Waals surface area contributed by atoms with Crippen LogP contribution >= 0.6 is 0 Å². The Hall–Kier alpha value is -0.920. The molecule has 32 atom stereocenters. The Morgan fingerprint density at radius 1 is 0.481 bits per heavy atom. The van der Waals surface area contributed by atoms with E-state index in [1.165, 1.54) is 13.8 Å². The first-order valence-corrected chi connectivity index (χ1v) is 28.1. The van der Waals surface area contributed by atoms with Gasteiger partial charge >= 0.3 is 0 Å². The Kier molecular flexibility index (Phi) is 17.0. The van der Waals surface area contributed by atoms with Gasteiger partial charge in [-0.05, 0) is 125 Å². The van der Waals surface area contributed by atoms with Gasteiger partial charge in [-0.2, -0.15) is 0 Å². The van der Waals surface area contributed by atoms with Gasteiger partial charge in [0, 0.05) is 6.42 Å². The van der Waals surface area contributed by atoms with Crippen LogP contribution in [0, 0.1) is 45.3 Å². The Morgan fingerprint density at radius 3 is 1.56 bits per heavy atom. The van der Waals surface area contributed by atoms with Crippen LogP contribution in [0.1, 0.15) is 121 Å². The zero-order valence-electron chi connectivity index (χ0n) is 46.2. The molecule has 77 heavy (non-hydrogen) atoms. The first-order valence-electron chi connectivity index (χ1n) is 28.1. The summed E-state index contributed by atoms with van der Waals surface area (Å²) in [6.45, 7) is 18.4. The molecule has 446 valence electrons. The maximum atomic E-state index is 12.8. The topological polar surface area (TPSA) is 366 Å². The maximum absolute atomic E-state index is 12.8. The molecule has 0 aromatic rings. The van der Waals surface area contributed by atoms with E-state index in [1.54, 1.807) is 13.8 Å². The Bertz CT molecular complexity index is 2040. The van der Waals surface area contributed by atoms with Gasteiger partial charge in [0.25, 0.3) is 0 Å². The molecule has 23 nitrogen and oxygen atoms in total. The lowest BCUT2D eigenvalue weighted by Gasteiger charge is -2.71. The number of aliphatic hydroxyl groups excluding tert-OH is 14. The second-order valence-corrected chi connectivity index (χ2v) is 26.8. The Morgan fingerprint density at radius 2 is 0.987 bits per heavy atom. The summed E-state index contributed by atoms with van der Waals surface area (Å²) in [5, 5.41) is 153. The molecule has 0 aromatic heterocycles. The largest absolute Gasteiger partial charge is 0.394 e. The molecule has 9 rings (SSSR count). The third-order valence-corrected chi connectivity index (χ3v) is 21.7. The van der Waals surface area contributed by atoms with Crippen LogP contribution in [-0.2, 0) is 42.6 Å². The van der Waals surface area contributed by atoms with Gasteiger partial charge in [0.05, 0.1) is 54.9 Å². The number of fused-ring (bicyclic) bond motifs is 5. The van der Waals surface area contributed by atoms with Gasteiger partial charge < -0.3 is 114 Å². The van der Waals surface area contributed by atoms with E-state index in [2.05, 4.69) is 34.6 Å². The molecule has 0 radical (unpaired) electrons. The average Bonchev–Trinajstić information content (AvgIpc) is 4.02. The van der Waals surface area contributed by atoms with Crippen molar-refractivity contribution in [3.05, 3.63) is 0 Å². The van der Waals surface area contributed by atoms with Gasteiger partial charge in [0.2, 0.25) is 0 Å². The van der Waals surface area contributed by atoms with Crippen LogP contribution in [0.25, 0.3) is 0 Å². The molecule has 9 fully saturated rings. The van der Waals surface area contributed by atoms with Crippen LogP contribution in [0.5, 0.6) is 0 Å². The van der Waals surface area contributed by atoms with Gasteiger partial charge in [0.15, 0.2) is 25.2 Å². The van der Waals surface area contributed by atoms with Gasteiger partial charge in [-0.3, -0.25) is 0 Å². The number of rotatable bonds is 11. The summed E-state index contributed by atoms with van der Waals surface area (Å²) in [6.07, 6.45) is -29.0. The summed E-state index contributed by atoms with van der Waals surface area (Å²) in [5.74, 6) is -0.344. The highest BCUT2D eigenvalue weighted by Crippen LogP contribution is 2.76. The predicted octanol–water partition coefficient (Wildman–Crippen LogP) is -1.97. The van der Waals surface area contributed by atoms with Gasteiger partial charge in [-0.25, -0.2) is 0 Å². The SMILES string of the molecule is CC1OC(OC2C(OC3CCC4(C)C(CCC5(C)C4CC(O)C4C(C6(C)CC(OC7OC(CO)C(O)C(O)C7O)C(O)C(C)(C)O6)CCC45C)C3(C)C)OC(CO)C(O)C2OC2OC(C)C(O)C(O)C2O)C(O)C(O)C1O. The lowest BCUT2D eigenvalue weighted by molar-refractivity contribution is -0.397. The van der Waals surface area contributed by atoms with Crippen molar-refractivity contribution in [3.63, 3.8) is 0 Å². The normalized spacial score (nSPS) is 57.7. The van der Waals surface area contributed by atoms with Crippen molar-refractivity contribution in [2.75, 3.05) is 13.2 Å². The van der Waals surface area contributed by atoms with E-state index in [9.17, 15) is 71.5 Å². The van der Waals surface area contributed by atoms with Crippen LogP contribution in [-0.4, -0.2) is 243 Å². The molecule has 4 saturated carbocycles. The number of aliphatic hydroxyl groups is 14. The molecule has 14 N–H and O–H groups in total. The van der Waals surface area contributed by atoms with Crippen molar-refractivity contribution in [2.24, 2.45) is 45.3 Å². The van der Waals surface area contributed by atoms with E-state index < -0.39 is 177 Å². The molecule has 32 unspecified atom stereocenters. The summed E-state index contributed by atoms with van der Waals surface area (Å²) in [7, 11) is 0. The lowest BCUT2D eigenvalue weighted by atomic mass is 9.35. The highest BCUT2D eigenvalue weighted by atomic mass is 16.8. The highest BCUT2D eigenvalue weighted by Gasteiger charge is 2.73. The minimum atomic E-state index is -1.81. The monoisotopic (exact) mass is 1110 g/mol. The van der Waals surface area contributed by atoms with Crippen molar-refractivity contribution in [2.45, 2.75) is 279 Å². The van der Waals surface area contributed by atoms with E-state index in [-0.39, 0.29) is 46.3 Å². The zero-order valence-corrected chi connectivity index (χ0v) is 46.2. The Labute approximate surface area is 450 Å². The van der Waals surface area contributed by atoms with Crippen molar-refractivity contribution in [1.29, 1.82) is 0 Å². The minimum Gasteiger partial charge on any atom is -0.394 e. The molecule has 0 aromatic carbocycles. The lowest BCUT2D eigenvalue weighted by Crippen LogP contribution is -2.69. The summed E-state index contributed by atoms with van der Waals surface area (Å²) in [6, 6.07) is 0. The van der Waals surface area contributed by atoms with E-state index in [0.29, 0.717) is 25.7 Å². The fraction of sp³-hybridized carbons (Fsp3) is 1.00. The number of hydrogen-bond acceptors (Lipinski definition) is 23. The molecule has 0 amide bonds. The van der Waals surface area contributed by atoms with Crippen molar-refractivity contribution < 1.29 is 114 Å². The molecule has 0 bridgehead atoms. The first kappa shape index (κ1) is 60.7. The van der Waals surface area contributed by atoms with Crippen LogP contribution in [0.15, 0.2) is 0 Å². The zero-order chi connectivity index (χ0) is 56.6. The van der Waals surface area contributed by atoms with Crippen LogP contribution in [0.4, 0.5) is 0 Å².